The van der Waals surface area contributed by atoms with Gasteiger partial charge >= 0.3 is 7.12 Å². The van der Waals surface area contributed by atoms with Crippen LogP contribution in [-0.4, -0.2) is 35.9 Å². The fraction of sp³-hybridized carbons (Fsp3) is 0.524. The van der Waals surface area contributed by atoms with Gasteiger partial charge in [0, 0.05) is 17.2 Å². The summed E-state index contributed by atoms with van der Waals surface area (Å²) >= 11 is 0. The number of carbonyl (C=O) groups excluding carboxylic acids is 1. The molecule has 2 heterocycles. The fourth-order valence-electron chi connectivity index (χ4n) is 2.83. The van der Waals surface area contributed by atoms with E-state index < -0.39 is 18.3 Å². The zero-order chi connectivity index (χ0) is 21.4. The topological polar surface area (TPSA) is 85.6 Å². The fourth-order valence-corrected chi connectivity index (χ4v) is 2.83. The van der Waals surface area contributed by atoms with Gasteiger partial charge in [-0.2, -0.15) is 0 Å². The molecule has 0 radical (unpaired) electrons. The van der Waals surface area contributed by atoms with Gasteiger partial charge in [-0.3, -0.25) is 10.1 Å². The summed E-state index contributed by atoms with van der Waals surface area (Å²) in [5.74, 6) is 0.121. The average Bonchev–Trinajstić information content (AvgIpc) is 3.15. The van der Waals surface area contributed by atoms with E-state index in [2.05, 4.69) is 15.8 Å². The molecule has 0 aliphatic carbocycles. The summed E-state index contributed by atoms with van der Waals surface area (Å²) < 4.78 is 17.4. The van der Waals surface area contributed by atoms with Crippen molar-refractivity contribution in [2.45, 2.75) is 65.1 Å². The highest BCUT2D eigenvalue weighted by Crippen LogP contribution is 2.36. The zero-order valence-electron chi connectivity index (χ0n) is 18.3. The van der Waals surface area contributed by atoms with Crippen molar-refractivity contribution in [3.63, 3.8) is 0 Å². The van der Waals surface area contributed by atoms with Gasteiger partial charge in [-0.15, -0.1) is 0 Å². The minimum atomic E-state index is -0.444. The van der Waals surface area contributed by atoms with E-state index in [0.717, 1.165) is 16.8 Å². The van der Waals surface area contributed by atoms with Crippen LogP contribution in [0.2, 0.25) is 0 Å². The van der Waals surface area contributed by atoms with Crippen LogP contribution in [0.5, 0.6) is 0 Å². The third-order valence-electron chi connectivity index (χ3n) is 5.41. The van der Waals surface area contributed by atoms with E-state index in [1.54, 1.807) is 6.07 Å². The molecular formula is C21H30BN3O4. The summed E-state index contributed by atoms with van der Waals surface area (Å²) in [6.07, 6.45) is 0. The summed E-state index contributed by atoms with van der Waals surface area (Å²) in [4.78, 5) is 12.2. The highest BCUT2D eigenvalue weighted by molar-refractivity contribution is 6.62. The molecule has 1 aliphatic rings. The highest BCUT2D eigenvalue weighted by atomic mass is 16.7. The quantitative estimate of drug-likeness (QED) is 0.751. The smallest absolute Gasteiger partial charge is 0.399 e. The first-order chi connectivity index (χ1) is 13.4. The van der Waals surface area contributed by atoms with Crippen LogP contribution in [0, 0.1) is 0 Å². The van der Waals surface area contributed by atoms with E-state index in [0.29, 0.717) is 5.88 Å². The van der Waals surface area contributed by atoms with Gasteiger partial charge in [-0.25, -0.2) is 0 Å². The Kier molecular flexibility index (Phi) is 5.53. The van der Waals surface area contributed by atoms with E-state index >= 15 is 0 Å². The molecule has 0 bridgehead atoms. The molecule has 2 N–H and O–H groups in total. The Morgan fingerprint density at radius 3 is 2.34 bits per heavy atom. The van der Waals surface area contributed by atoms with Crippen LogP contribution in [0.25, 0.3) is 0 Å². The lowest BCUT2D eigenvalue weighted by Gasteiger charge is -2.32. The third-order valence-corrected chi connectivity index (χ3v) is 5.41. The Bertz CT molecular complexity index is 870. The van der Waals surface area contributed by atoms with Crippen LogP contribution in [-0.2, 0) is 19.5 Å². The van der Waals surface area contributed by atoms with Gasteiger partial charge in [0.2, 0.25) is 11.8 Å². The maximum Gasteiger partial charge on any atom is 0.494 e. The summed E-state index contributed by atoms with van der Waals surface area (Å²) in [7, 11) is -0.444. The zero-order valence-corrected chi connectivity index (χ0v) is 18.3. The van der Waals surface area contributed by atoms with Crippen LogP contribution >= 0.6 is 0 Å². The van der Waals surface area contributed by atoms with Gasteiger partial charge in [0.1, 0.15) is 0 Å². The molecule has 0 saturated carbocycles. The molecule has 1 aromatic carbocycles. The SMILES string of the molecule is CC(C)(C)c1cc(NC(=O)CNc2cccc(B3OC(C)(C)C(C)(C)O3)c2)on1. The Morgan fingerprint density at radius 1 is 1.10 bits per heavy atom. The second-order valence-electron chi connectivity index (χ2n) is 9.44. The lowest BCUT2D eigenvalue weighted by molar-refractivity contribution is -0.114. The number of nitrogens with zero attached hydrogens (tertiary/aromatic N) is 1. The number of amides is 1. The Balaban J connectivity index is 1.58. The predicted octanol–water partition coefficient (Wildman–Crippen LogP) is 3.32. The van der Waals surface area contributed by atoms with Gasteiger partial charge < -0.3 is 19.1 Å². The van der Waals surface area contributed by atoms with Crippen molar-refractivity contribution in [1.29, 1.82) is 0 Å². The second-order valence-corrected chi connectivity index (χ2v) is 9.44. The minimum Gasteiger partial charge on any atom is -0.399 e. The Hall–Kier alpha value is -2.32. The number of hydrogen-bond donors (Lipinski definition) is 2. The molecule has 0 unspecified atom stereocenters. The van der Waals surface area contributed by atoms with Crippen molar-refractivity contribution >= 4 is 30.1 Å². The van der Waals surface area contributed by atoms with Crippen LogP contribution in [0.1, 0.15) is 54.2 Å². The summed E-state index contributed by atoms with van der Waals surface area (Å²) in [6.45, 7) is 14.3. The number of rotatable bonds is 5. The summed E-state index contributed by atoms with van der Waals surface area (Å²) in [5, 5.41) is 9.84. The standard InChI is InChI=1S/C21H30BN3O4/c1-19(2,3)16-12-18(27-25-16)24-17(26)13-23-15-10-8-9-14(11-15)22-28-20(4,5)21(6,7)29-22/h8-12,23H,13H2,1-7H3,(H,24,26). The van der Waals surface area contributed by atoms with Crippen molar-refractivity contribution in [3.05, 3.63) is 36.0 Å². The molecule has 1 aromatic heterocycles. The molecular weight excluding hydrogens is 369 g/mol. The van der Waals surface area contributed by atoms with E-state index in [1.807, 2.05) is 72.7 Å². The van der Waals surface area contributed by atoms with E-state index in [1.165, 1.54) is 0 Å². The molecule has 0 spiro atoms. The maximum absolute atomic E-state index is 12.2. The minimum absolute atomic E-state index is 0.0956. The normalized spacial score (nSPS) is 18.0. The lowest BCUT2D eigenvalue weighted by Crippen LogP contribution is -2.41. The van der Waals surface area contributed by atoms with Crippen LogP contribution in [0.3, 0.4) is 0 Å². The van der Waals surface area contributed by atoms with Crippen molar-refractivity contribution in [1.82, 2.24) is 5.16 Å². The molecule has 1 fully saturated rings. The summed E-state index contributed by atoms with van der Waals surface area (Å²) in [6, 6.07) is 9.44. The number of benzene rings is 1. The number of nitrogens with one attached hydrogen (secondary N) is 2. The Morgan fingerprint density at radius 2 is 1.76 bits per heavy atom. The molecule has 156 valence electrons. The largest absolute Gasteiger partial charge is 0.494 e. The highest BCUT2D eigenvalue weighted by Gasteiger charge is 2.51. The first-order valence-electron chi connectivity index (χ1n) is 9.84. The monoisotopic (exact) mass is 399 g/mol. The molecule has 29 heavy (non-hydrogen) atoms. The molecule has 0 atom stereocenters. The van der Waals surface area contributed by atoms with Crippen molar-refractivity contribution < 1.29 is 18.6 Å². The van der Waals surface area contributed by atoms with Crippen molar-refractivity contribution in [3.8, 4) is 0 Å². The number of carbonyl (C=O) groups is 1. The molecule has 3 rings (SSSR count). The van der Waals surface area contributed by atoms with Gasteiger partial charge in [0.15, 0.2) is 0 Å². The molecule has 1 saturated heterocycles. The summed E-state index contributed by atoms with van der Waals surface area (Å²) in [5.41, 5.74) is 1.56. The van der Waals surface area contributed by atoms with Gasteiger partial charge in [-0.05, 0) is 45.3 Å². The maximum atomic E-state index is 12.2. The van der Waals surface area contributed by atoms with Gasteiger partial charge in [-0.1, -0.05) is 38.1 Å². The van der Waals surface area contributed by atoms with Crippen LogP contribution in [0.4, 0.5) is 11.6 Å². The molecule has 7 nitrogen and oxygen atoms in total. The van der Waals surface area contributed by atoms with Crippen LogP contribution < -0.4 is 16.1 Å². The number of aromatic nitrogens is 1. The lowest BCUT2D eigenvalue weighted by atomic mass is 9.79. The molecule has 2 aromatic rings. The van der Waals surface area contributed by atoms with Gasteiger partial charge in [0.05, 0.1) is 23.4 Å². The van der Waals surface area contributed by atoms with Crippen molar-refractivity contribution in [2.24, 2.45) is 0 Å². The van der Waals surface area contributed by atoms with Crippen LogP contribution in [0.15, 0.2) is 34.9 Å². The molecule has 8 heteroatoms. The first kappa shape index (κ1) is 21.4. The van der Waals surface area contributed by atoms with E-state index in [4.69, 9.17) is 13.8 Å². The number of hydrogen-bond acceptors (Lipinski definition) is 6. The van der Waals surface area contributed by atoms with Crippen molar-refractivity contribution in [2.75, 3.05) is 17.2 Å². The van der Waals surface area contributed by atoms with E-state index in [9.17, 15) is 4.79 Å². The predicted molar refractivity (Wildman–Crippen MR) is 114 cm³/mol. The Labute approximate surface area is 172 Å². The average molecular weight is 399 g/mol. The number of anilines is 2. The third kappa shape index (κ3) is 4.82. The molecule has 1 amide bonds. The molecule has 1 aliphatic heterocycles. The van der Waals surface area contributed by atoms with E-state index in [-0.39, 0.29) is 17.9 Å². The first-order valence-corrected chi connectivity index (χ1v) is 9.84. The van der Waals surface area contributed by atoms with Gasteiger partial charge in [0.25, 0.3) is 0 Å². The second kappa shape index (κ2) is 7.50.